The zero-order valence-electron chi connectivity index (χ0n) is 18.1. The minimum Gasteiger partial charge on any atom is -0.497 e. The smallest absolute Gasteiger partial charge is 0.319 e. The molecule has 2 fully saturated rings. The number of nitrogens with zero attached hydrogens (tertiary/aromatic N) is 1. The highest BCUT2D eigenvalue weighted by Gasteiger charge is 2.35. The molecule has 6 heteroatoms. The quantitative estimate of drug-likeness (QED) is 0.635. The Kier molecular flexibility index (Phi) is 7.36. The SMILES string of the molecule is COc1ccc(NC(=O)N[C@@H]2CCC[C@H]2N2CCC(Cc3ccc(Cl)cc3)CC2)cc1. The van der Waals surface area contributed by atoms with Crippen molar-refractivity contribution < 1.29 is 9.53 Å². The van der Waals surface area contributed by atoms with Gasteiger partial charge in [0, 0.05) is 22.8 Å². The first kappa shape index (κ1) is 22.0. The lowest BCUT2D eigenvalue weighted by molar-refractivity contribution is 0.119. The number of benzene rings is 2. The third-order valence-corrected chi connectivity index (χ3v) is 6.95. The van der Waals surface area contributed by atoms with E-state index < -0.39 is 0 Å². The van der Waals surface area contributed by atoms with Crippen LogP contribution in [0.15, 0.2) is 48.5 Å². The molecule has 0 radical (unpaired) electrons. The average Bonchev–Trinajstić information content (AvgIpc) is 3.24. The molecule has 2 aliphatic rings. The van der Waals surface area contributed by atoms with Crippen molar-refractivity contribution >= 4 is 23.3 Å². The highest BCUT2D eigenvalue weighted by molar-refractivity contribution is 6.30. The van der Waals surface area contributed by atoms with Crippen molar-refractivity contribution in [2.24, 2.45) is 5.92 Å². The van der Waals surface area contributed by atoms with E-state index in [1.807, 2.05) is 36.4 Å². The summed E-state index contributed by atoms with van der Waals surface area (Å²) in [4.78, 5) is 15.1. The second kappa shape index (κ2) is 10.4. The van der Waals surface area contributed by atoms with Crippen LogP contribution in [0, 0.1) is 5.92 Å². The van der Waals surface area contributed by atoms with Crippen molar-refractivity contribution in [3.05, 3.63) is 59.1 Å². The lowest BCUT2D eigenvalue weighted by atomic mass is 9.89. The fourth-order valence-electron chi connectivity index (χ4n) is 5.00. The molecule has 31 heavy (non-hydrogen) atoms. The highest BCUT2D eigenvalue weighted by atomic mass is 35.5. The maximum absolute atomic E-state index is 12.5. The number of nitrogens with one attached hydrogen (secondary N) is 2. The van der Waals surface area contributed by atoms with Gasteiger partial charge < -0.3 is 15.4 Å². The molecule has 2 amide bonds. The molecule has 0 spiro atoms. The van der Waals surface area contributed by atoms with Crippen LogP contribution >= 0.6 is 11.6 Å². The van der Waals surface area contributed by atoms with Crippen LogP contribution in [0.2, 0.25) is 5.02 Å². The Morgan fingerprint density at radius 3 is 2.42 bits per heavy atom. The maximum atomic E-state index is 12.5. The minimum absolute atomic E-state index is 0.125. The van der Waals surface area contributed by atoms with Crippen LogP contribution in [-0.2, 0) is 6.42 Å². The predicted octanol–water partition coefficient (Wildman–Crippen LogP) is 5.35. The molecule has 2 aromatic carbocycles. The number of urea groups is 1. The number of hydrogen-bond donors (Lipinski definition) is 2. The summed E-state index contributed by atoms with van der Waals surface area (Å²) in [6.07, 6.45) is 6.93. The van der Waals surface area contributed by atoms with Gasteiger partial charge in [0.05, 0.1) is 7.11 Å². The Labute approximate surface area is 190 Å². The number of hydrogen-bond acceptors (Lipinski definition) is 3. The molecule has 0 bridgehead atoms. The summed E-state index contributed by atoms with van der Waals surface area (Å²) in [6.45, 7) is 2.22. The summed E-state index contributed by atoms with van der Waals surface area (Å²) in [5.74, 6) is 1.50. The second-order valence-electron chi connectivity index (χ2n) is 8.74. The van der Waals surface area contributed by atoms with Crippen LogP contribution in [0.4, 0.5) is 10.5 Å². The first-order chi connectivity index (χ1) is 15.1. The molecule has 4 rings (SSSR count). The van der Waals surface area contributed by atoms with Crippen molar-refractivity contribution in [1.82, 2.24) is 10.2 Å². The van der Waals surface area contributed by atoms with Gasteiger partial charge in [-0.3, -0.25) is 4.90 Å². The largest absolute Gasteiger partial charge is 0.497 e. The van der Waals surface area contributed by atoms with Crippen LogP contribution < -0.4 is 15.4 Å². The fraction of sp³-hybridized carbons (Fsp3) is 0.480. The zero-order chi connectivity index (χ0) is 21.6. The van der Waals surface area contributed by atoms with E-state index in [1.54, 1.807) is 7.11 Å². The molecule has 2 N–H and O–H groups in total. The lowest BCUT2D eigenvalue weighted by Crippen LogP contribution is -2.52. The molecule has 2 aromatic rings. The third-order valence-electron chi connectivity index (χ3n) is 6.70. The standard InChI is InChI=1S/C25H32ClN3O2/c1-31-22-11-9-21(10-12-22)27-25(30)28-23-3-2-4-24(23)29-15-13-19(14-16-29)17-18-5-7-20(26)8-6-18/h5-12,19,23-24H,2-4,13-17H2,1H3,(H2,27,28,30)/t23-,24-/m1/s1. The highest BCUT2D eigenvalue weighted by Crippen LogP contribution is 2.30. The van der Waals surface area contributed by atoms with Gasteiger partial charge in [-0.25, -0.2) is 4.79 Å². The predicted molar refractivity (Wildman–Crippen MR) is 126 cm³/mol. The Bertz CT molecular complexity index is 848. The Balaban J connectivity index is 1.25. The molecule has 1 saturated carbocycles. The molecule has 166 valence electrons. The summed E-state index contributed by atoms with van der Waals surface area (Å²) < 4.78 is 5.17. The summed E-state index contributed by atoms with van der Waals surface area (Å²) in [5, 5.41) is 6.97. The molecule has 1 saturated heterocycles. The van der Waals surface area contributed by atoms with Gasteiger partial charge in [-0.2, -0.15) is 0 Å². The van der Waals surface area contributed by atoms with Crippen molar-refractivity contribution in [1.29, 1.82) is 0 Å². The van der Waals surface area contributed by atoms with Crippen LogP contribution in [0.1, 0.15) is 37.7 Å². The molecule has 1 aliphatic heterocycles. The van der Waals surface area contributed by atoms with Gasteiger partial charge in [-0.05, 0) is 99.5 Å². The summed E-state index contributed by atoms with van der Waals surface area (Å²) >= 11 is 6.01. The van der Waals surface area contributed by atoms with Gasteiger partial charge in [-0.15, -0.1) is 0 Å². The number of anilines is 1. The van der Waals surface area contributed by atoms with Gasteiger partial charge in [0.2, 0.25) is 0 Å². The maximum Gasteiger partial charge on any atom is 0.319 e. The van der Waals surface area contributed by atoms with Crippen molar-refractivity contribution in [3.63, 3.8) is 0 Å². The second-order valence-corrected chi connectivity index (χ2v) is 9.18. The summed E-state index contributed by atoms with van der Waals surface area (Å²) in [7, 11) is 1.63. The third kappa shape index (κ3) is 5.92. The van der Waals surface area contributed by atoms with Gasteiger partial charge in [-0.1, -0.05) is 23.7 Å². The van der Waals surface area contributed by atoms with Crippen molar-refractivity contribution in [2.75, 3.05) is 25.5 Å². The van der Waals surface area contributed by atoms with E-state index in [0.717, 1.165) is 54.7 Å². The molecule has 1 aliphatic carbocycles. The molecule has 0 aromatic heterocycles. The first-order valence-electron chi connectivity index (χ1n) is 11.3. The van der Waals surface area contributed by atoms with E-state index in [0.29, 0.717) is 6.04 Å². The molecule has 5 nitrogen and oxygen atoms in total. The Morgan fingerprint density at radius 1 is 1.03 bits per heavy atom. The van der Waals surface area contributed by atoms with Crippen LogP contribution in [0.5, 0.6) is 5.75 Å². The summed E-state index contributed by atoms with van der Waals surface area (Å²) in [6, 6.07) is 16.2. The van der Waals surface area contributed by atoms with E-state index in [4.69, 9.17) is 16.3 Å². The van der Waals surface area contributed by atoms with Gasteiger partial charge in [0.15, 0.2) is 0 Å². The Hall–Kier alpha value is -2.24. The summed E-state index contributed by atoms with van der Waals surface area (Å²) in [5.41, 5.74) is 2.15. The fourth-order valence-corrected chi connectivity index (χ4v) is 5.12. The van der Waals surface area contributed by atoms with Gasteiger partial charge in [0.25, 0.3) is 0 Å². The van der Waals surface area contributed by atoms with E-state index in [-0.39, 0.29) is 12.1 Å². The number of carbonyl (C=O) groups is 1. The number of likely N-dealkylation sites (tertiary alicyclic amines) is 1. The molecule has 2 atom stereocenters. The number of halogens is 1. The van der Waals surface area contributed by atoms with E-state index in [2.05, 4.69) is 27.7 Å². The molecular weight excluding hydrogens is 410 g/mol. The number of rotatable bonds is 6. The zero-order valence-corrected chi connectivity index (χ0v) is 18.9. The Morgan fingerprint density at radius 2 is 1.74 bits per heavy atom. The molecular formula is C25H32ClN3O2. The van der Waals surface area contributed by atoms with E-state index in [1.165, 1.54) is 24.8 Å². The monoisotopic (exact) mass is 441 g/mol. The van der Waals surface area contributed by atoms with Crippen LogP contribution in [0.3, 0.4) is 0 Å². The number of piperidine rings is 1. The number of ether oxygens (including phenoxy) is 1. The number of methoxy groups -OCH3 is 1. The molecule has 0 unspecified atom stereocenters. The first-order valence-corrected chi connectivity index (χ1v) is 11.7. The lowest BCUT2D eigenvalue weighted by Gasteiger charge is -2.38. The van der Waals surface area contributed by atoms with E-state index >= 15 is 0 Å². The van der Waals surface area contributed by atoms with Crippen molar-refractivity contribution in [2.45, 2.75) is 50.6 Å². The van der Waals surface area contributed by atoms with Gasteiger partial charge in [0.1, 0.15) is 5.75 Å². The number of carbonyl (C=O) groups excluding carboxylic acids is 1. The van der Waals surface area contributed by atoms with Crippen LogP contribution in [0.25, 0.3) is 0 Å². The topological polar surface area (TPSA) is 53.6 Å². The van der Waals surface area contributed by atoms with Crippen molar-refractivity contribution in [3.8, 4) is 5.75 Å². The average molecular weight is 442 g/mol. The number of amides is 2. The minimum atomic E-state index is -0.125. The van der Waals surface area contributed by atoms with Crippen LogP contribution in [-0.4, -0.2) is 43.2 Å². The van der Waals surface area contributed by atoms with Gasteiger partial charge >= 0.3 is 6.03 Å². The van der Waals surface area contributed by atoms with E-state index in [9.17, 15) is 4.79 Å². The normalized spacial score (nSPS) is 22.3. The molecule has 1 heterocycles.